The van der Waals surface area contributed by atoms with Gasteiger partial charge in [0.2, 0.25) is 0 Å². The Morgan fingerprint density at radius 2 is 2.41 bits per heavy atom. The van der Waals surface area contributed by atoms with Gasteiger partial charge in [-0.2, -0.15) is 5.10 Å². The van der Waals surface area contributed by atoms with Gasteiger partial charge in [0.15, 0.2) is 0 Å². The minimum absolute atomic E-state index is 0.0986. The number of nitrogens with one attached hydrogen (secondary N) is 1. The molecule has 1 amide bonds. The number of nitrogens with zero attached hydrogens (tertiary/aromatic N) is 3. The first kappa shape index (κ1) is 12.1. The number of aryl methyl sites for hydroxylation is 2. The number of aromatic nitrogens is 2. The van der Waals surface area contributed by atoms with Crippen molar-refractivity contribution < 1.29 is 4.79 Å². The molecule has 2 heterocycles. The van der Waals surface area contributed by atoms with Gasteiger partial charge in [-0.05, 0) is 26.8 Å². The Morgan fingerprint density at radius 1 is 1.65 bits per heavy atom. The number of carbonyl (C=O) groups excluding carboxylic acids is 1. The van der Waals surface area contributed by atoms with Crippen LogP contribution in [0.4, 0.5) is 0 Å². The minimum Gasteiger partial charge on any atom is -0.332 e. The summed E-state index contributed by atoms with van der Waals surface area (Å²) in [4.78, 5) is 14.4. The second-order valence-corrected chi connectivity index (χ2v) is 4.54. The molecule has 1 aromatic heterocycles. The smallest absolute Gasteiger partial charge is 0.272 e. The molecule has 0 aromatic carbocycles. The molecular formula is C12H20N4O. The van der Waals surface area contributed by atoms with Crippen molar-refractivity contribution in [1.29, 1.82) is 0 Å². The fourth-order valence-electron chi connectivity index (χ4n) is 2.25. The molecule has 0 spiro atoms. The fraction of sp³-hybridized carbons (Fsp3) is 0.667. The van der Waals surface area contributed by atoms with Gasteiger partial charge in [0.25, 0.3) is 5.91 Å². The highest BCUT2D eigenvalue weighted by molar-refractivity contribution is 5.93. The van der Waals surface area contributed by atoms with Gasteiger partial charge in [-0.25, -0.2) is 0 Å². The molecule has 1 N–H and O–H groups in total. The highest BCUT2D eigenvalue weighted by Crippen LogP contribution is 2.11. The summed E-state index contributed by atoms with van der Waals surface area (Å²) in [5, 5.41) is 7.61. The SMILES string of the molecule is CCn1nc(C)cc1C(=O)N1CCNCC1C. The lowest BCUT2D eigenvalue weighted by Crippen LogP contribution is -2.52. The molecule has 0 saturated carbocycles. The lowest BCUT2D eigenvalue weighted by molar-refractivity contribution is 0.0643. The Kier molecular flexibility index (Phi) is 3.47. The fourth-order valence-corrected chi connectivity index (χ4v) is 2.25. The molecule has 0 bridgehead atoms. The summed E-state index contributed by atoms with van der Waals surface area (Å²) in [6.07, 6.45) is 0. The molecule has 5 nitrogen and oxygen atoms in total. The molecule has 0 radical (unpaired) electrons. The first-order valence-corrected chi connectivity index (χ1v) is 6.19. The van der Waals surface area contributed by atoms with Crippen LogP contribution in [0.5, 0.6) is 0 Å². The van der Waals surface area contributed by atoms with Crippen molar-refractivity contribution in [2.75, 3.05) is 19.6 Å². The Balaban J connectivity index is 2.23. The number of carbonyl (C=O) groups is 1. The van der Waals surface area contributed by atoms with E-state index >= 15 is 0 Å². The third kappa shape index (κ3) is 2.34. The molecular weight excluding hydrogens is 216 g/mol. The van der Waals surface area contributed by atoms with Crippen LogP contribution in [0, 0.1) is 6.92 Å². The van der Waals surface area contributed by atoms with Crippen molar-refractivity contribution in [2.24, 2.45) is 0 Å². The van der Waals surface area contributed by atoms with E-state index in [4.69, 9.17) is 0 Å². The Morgan fingerprint density at radius 3 is 3.06 bits per heavy atom. The first-order chi connectivity index (χ1) is 8.13. The van der Waals surface area contributed by atoms with E-state index in [9.17, 15) is 4.79 Å². The lowest BCUT2D eigenvalue weighted by Gasteiger charge is -2.33. The van der Waals surface area contributed by atoms with Gasteiger partial charge in [-0.15, -0.1) is 0 Å². The molecule has 1 atom stereocenters. The normalized spacial score (nSPS) is 20.6. The summed E-state index contributed by atoms with van der Waals surface area (Å²) in [7, 11) is 0. The molecule has 2 rings (SSSR count). The van der Waals surface area contributed by atoms with Crippen molar-refractivity contribution in [3.63, 3.8) is 0 Å². The summed E-state index contributed by atoms with van der Waals surface area (Å²) in [5.74, 6) is 0.0986. The predicted molar refractivity (Wildman–Crippen MR) is 66.0 cm³/mol. The van der Waals surface area contributed by atoms with Crippen LogP contribution < -0.4 is 5.32 Å². The van der Waals surface area contributed by atoms with Crippen LogP contribution in [0.3, 0.4) is 0 Å². The zero-order valence-corrected chi connectivity index (χ0v) is 10.7. The Bertz CT molecular complexity index is 413. The van der Waals surface area contributed by atoms with Crippen LogP contribution in [0.15, 0.2) is 6.07 Å². The topological polar surface area (TPSA) is 50.2 Å². The summed E-state index contributed by atoms with van der Waals surface area (Å²) < 4.78 is 1.78. The van der Waals surface area contributed by atoms with Crippen LogP contribution in [0.25, 0.3) is 0 Å². The molecule has 1 aliphatic heterocycles. The van der Waals surface area contributed by atoms with E-state index in [2.05, 4.69) is 17.3 Å². The number of hydrogen-bond acceptors (Lipinski definition) is 3. The second kappa shape index (κ2) is 4.87. The Labute approximate surface area is 102 Å². The summed E-state index contributed by atoms with van der Waals surface area (Å²) in [6.45, 7) is 9.24. The summed E-state index contributed by atoms with van der Waals surface area (Å²) in [5.41, 5.74) is 1.61. The van der Waals surface area contributed by atoms with Crippen molar-refractivity contribution >= 4 is 5.91 Å². The van der Waals surface area contributed by atoms with E-state index in [1.54, 1.807) is 4.68 Å². The third-order valence-corrected chi connectivity index (χ3v) is 3.18. The van der Waals surface area contributed by atoms with Gasteiger partial charge < -0.3 is 10.2 Å². The molecule has 94 valence electrons. The van der Waals surface area contributed by atoms with Gasteiger partial charge in [-0.1, -0.05) is 0 Å². The van der Waals surface area contributed by atoms with Crippen LogP contribution in [-0.2, 0) is 6.54 Å². The third-order valence-electron chi connectivity index (χ3n) is 3.18. The van der Waals surface area contributed by atoms with Crippen LogP contribution >= 0.6 is 0 Å². The average molecular weight is 236 g/mol. The highest BCUT2D eigenvalue weighted by atomic mass is 16.2. The van der Waals surface area contributed by atoms with E-state index in [0.29, 0.717) is 5.69 Å². The molecule has 0 aliphatic carbocycles. The number of amides is 1. The first-order valence-electron chi connectivity index (χ1n) is 6.19. The number of rotatable bonds is 2. The second-order valence-electron chi connectivity index (χ2n) is 4.54. The number of piperazine rings is 1. The van der Waals surface area contributed by atoms with Gasteiger partial charge in [0.05, 0.1) is 5.69 Å². The molecule has 1 aliphatic rings. The zero-order valence-electron chi connectivity index (χ0n) is 10.7. The quantitative estimate of drug-likeness (QED) is 0.820. The van der Waals surface area contributed by atoms with Crippen molar-refractivity contribution in [3.8, 4) is 0 Å². The van der Waals surface area contributed by atoms with E-state index in [-0.39, 0.29) is 11.9 Å². The molecule has 1 fully saturated rings. The molecule has 1 saturated heterocycles. The number of hydrogen-bond donors (Lipinski definition) is 1. The Hall–Kier alpha value is -1.36. The highest BCUT2D eigenvalue weighted by Gasteiger charge is 2.26. The maximum Gasteiger partial charge on any atom is 0.272 e. The van der Waals surface area contributed by atoms with Gasteiger partial charge in [-0.3, -0.25) is 9.48 Å². The predicted octanol–water partition coefficient (Wildman–Crippen LogP) is 0.645. The minimum atomic E-state index is 0.0986. The maximum atomic E-state index is 12.4. The van der Waals surface area contributed by atoms with Crippen molar-refractivity contribution in [3.05, 3.63) is 17.5 Å². The van der Waals surface area contributed by atoms with Crippen LogP contribution in [0.2, 0.25) is 0 Å². The average Bonchev–Trinajstić information content (AvgIpc) is 2.70. The van der Waals surface area contributed by atoms with E-state index in [1.165, 1.54) is 0 Å². The standard InChI is InChI=1S/C12H20N4O/c1-4-16-11(7-9(2)14-16)12(17)15-6-5-13-8-10(15)3/h7,10,13H,4-6,8H2,1-3H3. The maximum absolute atomic E-state index is 12.4. The van der Waals surface area contributed by atoms with Crippen molar-refractivity contribution in [1.82, 2.24) is 20.0 Å². The van der Waals surface area contributed by atoms with E-state index in [1.807, 2.05) is 24.8 Å². The van der Waals surface area contributed by atoms with Gasteiger partial charge >= 0.3 is 0 Å². The molecule has 17 heavy (non-hydrogen) atoms. The van der Waals surface area contributed by atoms with E-state index in [0.717, 1.165) is 31.9 Å². The van der Waals surface area contributed by atoms with Gasteiger partial charge in [0.1, 0.15) is 5.69 Å². The molecule has 1 aromatic rings. The summed E-state index contributed by atoms with van der Waals surface area (Å²) in [6, 6.07) is 2.12. The molecule has 5 heteroatoms. The van der Waals surface area contributed by atoms with Crippen molar-refractivity contribution in [2.45, 2.75) is 33.4 Å². The molecule has 1 unspecified atom stereocenters. The lowest BCUT2D eigenvalue weighted by atomic mass is 10.2. The largest absolute Gasteiger partial charge is 0.332 e. The monoisotopic (exact) mass is 236 g/mol. The summed E-state index contributed by atoms with van der Waals surface area (Å²) >= 11 is 0. The van der Waals surface area contributed by atoms with E-state index < -0.39 is 0 Å². The van der Waals surface area contributed by atoms with Crippen LogP contribution in [0.1, 0.15) is 30.0 Å². The van der Waals surface area contributed by atoms with Gasteiger partial charge in [0, 0.05) is 32.2 Å². The zero-order chi connectivity index (χ0) is 12.4. The van der Waals surface area contributed by atoms with Crippen LogP contribution in [-0.4, -0.2) is 46.3 Å².